The fraction of sp³-hybridized carbons (Fsp3) is 0.583. The Hall–Kier alpha value is -2.81. The highest BCUT2D eigenvalue weighted by Crippen LogP contribution is 2.32. The van der Waals surface area contributed by atoms with Crippen LogP contribution >= 0.6 is 0 Å². The van der Waals surface area contributed by atoms with Crippen LogP contribution in [-0.2, 0) is 0 Å². The molecule has 2 fully saturated rings. The van der Waals surface area contributed by atoms with Crippen molar-refractivity contribution in [2.45, 2.75) is 77.6 Å². The summed E-state index contributed by atoms with van der Waals surface area (Å²) in [6.07, 6.45) is 2.95. The van der Waals surface area contributed by atoms with Gasteiger partial charge in [0, 0.05) is 24.7 Å². The number of aryl methyl sites for hydroxylation is 3. The molecular formula is C24H32FN7O. The van der Waals surface area contributed by atoms with Gasteiger partial charge in [-0.1, -0.05) is 0 Å². The van der Waals surface area contributed by atoms with Gasteiger partial charge in [-0.3, -0.25) is 4.98 Å². The first-order valence-corrected chi connectivity index (χ1v) is 11.8. The largest absolute Gasteiger partial charge is 0.390 e. The molecule has 1 aliphatic carbocycles. The second-order valence-corrected chi connectivity index (χ2v) is 9.88. The van der Waals surface area contributed by atoms with Crippen LogP contribution < -0.4 is 10.2 Å². The van der Waals surface area contributed by atoms with Gasteiger partial charge in [-0.2, -0.15) is 9.61 Å². The number of nitrogens with zero attached hydrogens (tertiary/aromatic N) is 6. The van der Waals surface area contributed by atoms with Crippen LogP contribution in [0.1, 0.15) is 56.1 Å². The van der Waals surface area contributed by atoms with Gasteiger partial charge in [0.2, 0.25) is 0 Å². The number of nitrogens with one attached hydrogen (secondary N) is 1. The number of hydrogen-bond donors (Lipinski definition) is 2. The maximum Gasteiger partial charge on any atom is 0.160 e. The maximum absolute atomic E-state index is 13.9. The van der Waals surface area contributed by atoms with E-state index in [4.69, 9.17) is 15.1 Å². The monoisotopic (exact) mass is 453 g/mol. The molecule has 2 aliphatic rings. The molecule has 0 amide bonds. The Morgan fingerprint density at radius 2 is 1.76 bits per heavy atom. The van der Waals surface area contributed by atoms with Gasteiger partial charge in [0.05, 0.1) is 29.2 Å². The van der Waals surface area contributed by atoms with Crippen molar-refractivity contribution < 1.29 is 9.50 Å². The predicted octanol–water partition coefficient (Wildman–Crippen LogP) is 3.77. The van der Waals surface area contributed by atoms with Crippen LogP contribution in [0, 0.1) is 20.8 Å². The van der Waals surface area contributed by atoms with E-state index in [1.54, 1.807) is 0 Å². The summed E-state index contributed by atoms with van der Waals surface area (Å²) in [5.74, 6) is 1.58. The van der Waals surface area contributed by atoms with Crippen molar-refractivity contribution in [3.63, 3.8) is 0 Å². The Kier molecular flexibility index (Phi) is 5.47. The van der Waals surface area contributed by atoms with E-state index in [0.29, 0.717) is 30.9 Å². The lowest BCUT2D eigenvalue weighted by Crippen LogP contribution is -2.36. The molecule has 1 atom stereocenters. The average Bonchev–Trinajstić information content (AvgIpc) is 3.38. The maximum atomic E-state index is 13.9. The zero-order valence-corrected chi connectivity index (χ0v) is 19.8. The van der Waals surface area contributed by atoms with Crippen LogP contribution in [0.15, 0.2) is 12.1 Å². The van der Waals surface area contributed by atoms with Gasteiger partial charge in [-0.15, -0.1) is 0 Å². The van der Waals surface area contributed by atoms with Crippen molar-refractivity contribution in [2.24, 2.45) is 0 Å². The molecule has 9 heteroatoms. The lowest BCUT2D eigenvalue weighted by atomic mass is 9.84. The highest BCUT2D eigenvalue weighted by molar-refractivity contribution is 5.67. The molecule has 0 radical (unpaired) electrons. The van der Waals surface area contributed by atoms with E-state index in [0.717, 1.165) is 60.1 Å². The SMILES string of the molecule is Cc1nc(C)c(-c2cc3nc(N4CC[C@@H](F)C4)cc(NC4CCC(C)(O)CC4)n3n2)nc1C. The van der Waals surface area contributed by atoms with Crippen molar-refractivity contribution in [2.75, 3.05) is 23.3 Å². The van der Waals surface area contributed by atoms with Crippen LogP contribution in [0.3, 0.4) is 0 Å². The third-order valence-corrected chi connectivity index (χ3v) is 7.01. The standard InChI is InChI=1S/C24H32FN7O/c1-14-15(2)27-23(16(3)26-14)19-11-21-29-20(31-10-7-17(25)13-31)12-22(32(21)30-19)28-18-5-8-24(4,33)9-6-18/h11-12,17-18,28,33H,5-10,13H2,1-4H3/t17-,18?,24?/m1/s1. The summed E-state index contributed by atoms with van der Waals surface area (Å²) >= 11 is 0. The molecule has 33 heavy (non-hydrogen) atoms. The van der Waals surface area contributed by atoms with Crippen molar-refractivity contribution in [1.82, 2.24) is 24.6 Å². The first-order valence-electron chi connectivity index (χ1n) is 11.8. The Morgan fingerprint density at radius 3 is 2.45 bits per heavy atom. The van der Waals surface area contributed by atoms with Gasteiger partial charge in [0.1, 0.15) is 29.2 Å². The quantitative estimate of drug-likeness (QED) is 0.621. The molecule has 0 aromatic carbocycles. The number of aliphatic hydroxyl groups is 1. The molecule has 8 nitrogen and oxygen atoms in total. The molecule has 0 spiro atoms. The van der Waals surface area contributed by atoms with Crippen molar-refractivity contribution >= 4 is 17.3 Å². The Morgan fingerprint density at radius 1 is 1.03 bits per heavy atom. The van der Waals surface area contributed by atoms with Crippen LogP contribution in [0.25, 0.3) is 17.0 Å². The number of hydrogen-bond acceptors (Lipinski definition) is 7. The first kappa shape index (κ1) is 22.0. The topological polar surface area (TPSA) is 91.5 Å². The Labute approximate surface area is 193 Å². The van der Waals surface area contributed by atoms with Gasteiger partial charge < -0.3 is 15.3 Å². The van der Waals surface area contributed by atoms with E-state index >= 15 is 0 Å². The summed E-state index contributed by atoms with van der Waals surface area (Å²) in [7, 11) is 0. The fourth-order valence-corrected chi connectivity index (χ4v) is 4.82. The van der Waals surface area contributed by atoms with Gasteiger partial charge in [0.25, 0.3) is 0 Å². The van der Waals surface area contributed by atoms with Crippen molar-refractivity contribution in [3.8, 4) is 11.4 Å². The number of alkyl halides is 1. The van der Waals surface area contributed by atoms with E-state index in [-0.39, 0.29) is 6.04 Å². The lowest BCUT2D eigenvalue weighted by molar-refractivity contribution is 0.0196. The fourth-order valence-electron chi connectivity index (χ4n) is 4.82. The summed E-state index contributed by atoms with van der Waals surface area (Å²) in [4.78, 5) is 16.2. The highest BCUT2D eigenvalue weighted by Gasteiger charge is 2.30. The second-order valence-electron chi connectivity index (χ2n) is 9.88. The Balaban J connectivity index is 1.55. The van der Waals surface area contributed by atoms with E-state index in [1.807, 2.05) is 49.2 Å². The van der Waals surface area contributed by atoms with Crippen molar-refractivity contribution in [1.29, 1.82) is 0 Å². The molecule has 1 saturated carbocycles. The smallest absolute Gasteiger partial charge is 0.160 e. The Bertz CT molecular complexity index is 1180. The minimum Gasteiger partial charge on any atom is -0.390 e. The molecule has 4 heterocycles. The zero-order chi connectivity index (χ0) is 23.3. The molecule has 2 N–H and O–H groups in total. The summed E-state index contributed by atoms with van der Waals surface area (Å²) < 4.78 is 15.7. The van der Waals surface area contributed by atoms with Gasteiger partial charge in [-0.25, -0.2) is 14.4 Å². The highest BCUT2D eigenvalue weighted by atomic mass is 19.1. The normalized spacial score (nSPS) is 25.7. The van der Waals surface area contributed by atoms with Gasteiger partial charge >= 0.3 is 0 Å². The van der Waals surface area contributed by atoms with Crippen molar-refractivity contribution in [3.05, 3.63) is 29.2 Å². The number of fused-ring (bicyclic) bond motifs is 1. The molecule has 3 aromatic heterocycles. The summed E-state index contributed by atoms with van der Waals surface area (Å²) in [6, 6.07) is 4.12. The molecule has 3 aromatic rings. The van der Waals surface area contributed by atoms with Crippen LogP contribution in [0.5, 0.6) is 0 Å². The molecule has 0 unspecified atom stereocenters. The molecule has 1 aliphatic heterocycles. The van der Waals surface area contributed by atoms with Gasteiger partial charge in [0.15, 0.2) is 5.65 Å². The number of aromatic nitrogens is 5. The number of rotatable bonds is 4. The molecule has 0 bridgehead atoms. The minimum atomic E-state index is -0.825. The van der Waals surface area contributed by atoms with Crippen LogP contribution in [0.2, 0.25) is 0 Å². The number of anilines is 2. The van der Waals surface area contributed by atoms with E-state index in [9.17, 15) is 9.50 Å². The zero-order valence-electron chi connectivity index (χ0n) is 19.8. The number of halogens is 1. The first-order chi connectivity index (χ1) is 15.7. The van der Waals surface area contributed by atoms with E-state index < -0.39 is 11.8 Å². The summed E-state index contributed by atoms with van der Waals surface area (Å²) in [5.41, 5.74) is 4.16. The third-order valence-electron chi connectivity index (χ3n) is 7.01. The summed E-state index contributed by atoms with van der Waals surface area (Å²) in [6.45, 7) is 8.75. The molecule has 176 valence electrons. The predicted molar refractivity (Wildman–Crippen MR) is 126 cm³/mol. The van der Waals surface area contributed by atoms with Crippen LogP contribution in [0.4, 0.5) is 16.0 Å². The minimum absolute atomic E-state index is 0.229. The second kappa shape index (κ2) is 8.20. The van der Waals surface area contributed by atoms with Crippen LogP contribution in [-0.4, -0.2) is 60.6 Å². The van der Waals surface area contributed by atoms with Gasteiger partial charge in [-0.05, 0) is 59.8 Å². The molecular weight excluding hydrogens is 421 g/mol. The molecule has 5 rings (SSSR count). The molecule has 1 saturated heterocycles. The summed E-state index contributed by atoms with van der Waals surface area (Å²) in [5, 5.41) is 18.8. The average molecular weight is 454 g/mol. The van der Waals surface area contributed by atoms with E-state index in [2.05, 4.69) is 10.3 Å². The van der Waals surface area contributed by atoms with E-state index in [1.165, 1.54) is 0 Å². The lowest BCUT2D eigenvalue weighted by Gasteiger charge is -2.34. The third kappa shape index (κ3) is 4.38.